The van der Waals surface area contributed by atoms with E-state index >= 15 is 0 Å². The van der Waals surface area contributed by atoms with Crippen molar-refractivity contribution in [3.05, 3.63) is 36.9 Å². The molecule has 0 saturated heterocycles. The summed E-state index contributed by atoms with van der Waals surface area (Å²) in [7, 11) is 0. The Morgan fingerprint density at radius 1 is 1.50 bits per heavy atom. The van der Waals surface area contributed by atoms with Crippen LogP contribution in [0.5, 0.6) is 0 Å². The number of nitrogens with one attached hydrogen (secondary N) is 1. The average Bonchev–Trinajstić information content (AvgIpc) is 2.44. The maximum atomic E-state index is 11.6. The SMILES string of the molecule is C=CC(=O)OCC(C)OC(=O)Nc1cccc(SC)c1. The molecule has 1 aromatic carbocycles. The van der Waals surface area contributed by atoms with E-state index in [-0.39, 0.29) is 6.61 Å². The zero-order valence-corrected chi connectivity index (χ0v) is 12.2. The van der Waals surface area contributed by atoms with Crippen LogP contribution in [0.3, 0.4) is 0 Å². The van der Waals surface area contributed by atoms with Crippen LogP contribution in [0.25, 0.3) is 0 Å². The largest absolute Gasteiger partial charge is 0.459 e. The highest BCUT2D eigenvalue weighted by molar-refractivity contribution is 7.98. The molecule has 0 aliphatic rings. The Morgan fingerprint density at radius 3 is 2.90 bits per heavy atom. The highest BCUT2D eigenvalue weighted by atomic mass is 32.2. The first-order valence-electron chi connectivity index (χ1n) is 5.96. The van der Waals surface area contributed by atoms with Gasteiger partial charge in [-0.25, -0.2) is 9.59 Å². The number of ether oxygens (including phenoxy) is 2. The van der Waals surface area contributed by atoms with Gasteiger partial charge in [-0.1, -0.05) is 12.6 Å². The summed E-state index contributed by atoms with van der Waals surface area (Å²) in [5.74, 6) is -0.548. The molecular formula is C14H17NO4S. The Labute approximate surface area is 122 Å². The molecule has 0 radical (unpaired) electrons. The minimum atomic E-state index is -0.592. The van der Waals surface area contributed by atoms with Crippen LogP contribution in [0.1, 0.15) is 6.92 Å². The maximum Gasteiger partial charge on any atom is 0.412 e. The summed E-state index contributed by atoms with van der Waals surface area (Å²) < 4.78 is 9.83. The standard InChI is InChI=1S/C14H17NO4S/c1-4-13(16)18-9-10(2)19-14(17)15-11-6-5-7-12(8-11)20-3/h4-8,10H,1,9H2,2-3H3,(H,15,17). The lowest BCUT2D eigenvalue weighted by molar-refractivity contribution is -0.140. The number of hydrogen-bond acceptors (Lipinski definition) is 5. The minimum absolute atomic E-state index is 0.0108. The van der Waals surface area contributed by atoms with Gasteiger partial charge < -0.3 is 9.47 Å². The molecule has 1 atom stereocenters. The molecule has 0 fully saturated rings. The molecule has 1 amide bonds. The van der Waals surface area contributed by atoms with Crippen LogP contribution < -0.4 is 5.32 Å². The van der Waals surface area contributed by atoms with E-state index in [1.165, 1.54) is 0 Å². The second kappa shape index (κ2) is 8.27. The molecule has 1 rings (SSSR count). The van der Waals surface area contributed by atoms with Crippen LogP contribution in [0, 0.1) is 0 Å². The Morgan fingerprint density at radius 2 is 2.25 bits per heavy atom. The molecular weight excluding hydrogens is 278 g/mol. The van der Waals surface area contributed by atoms with Gasteiger partial charge in [-0.2, -0.15) is 0 Å². The van der Waals surface area contributed by atoms with Crippen LogP contribution in [0.4, 0.5) is 10.5 Å². The van der Waals surface area contributed by atoms with Gasteiger partial charge in [0.15, 0.2) is 0 Å². The number of carbonyl (C=O) groups is 2. The van der Waals surface area contributed by atoms with Crippen molar-refractivity contribution in [3.63, 3.8) is 0 Å². The monoisotopic (exact) mass is 295 g/mol. The smallest absolute Gasteiger partial charge is 0.412 e. The predicted molar refractivity (Wildman–Crippen MR) is 78.9 cm³/mol. The molecule has 1 N–H and O–H groups in total. The van der Waals surface area contributed by atoms with Crippen molar-refractivity contribution in [3.8, 4) is 0 Å². The van der Waals surface area contributed by atoms with Crippen molar-refractivity contribution < 1.29 is 19.1 Å². The van der Waals surface area contributed by atoms with E-state index in [0.717, 1.165) is 11.0 Å². The zero-order valence-electron chi connectivity index (χ0n) is 11.4. The van der Waals surface area contributed by atoms with E-state index in [4.69, 9.17) is 9.47 Å². The quantitative estimate of drug-likeness (QED) is 0.496. The topological polar surface area (TPSA) is 64.6 Å². The predicted octanol–water partition coefficient (Wildman–Crippen LogP) is 3.07. The number of thioether (sulfide) groups is 1. The van der Waals surface area contributed by atoms with E-state index < -0.39 is 18.2 Å². The molecule has 0 spiro atoms. The number of rotatable bonds is 6. The Hall–Kier alpha value is -1.95. The maximum absolute atomic E-state index is 11.6. The molecule has 20 heavy (non-hydrogen) atoms. The molecule has 1 aromatic rings. The van der Waals surface area contributed by atoms with Crippen LogP contribution in [0.15, 0.2) is 41.8 Å². The fourth-order valence-electron chi connectivity index (χ4n) is 1.32. The summed E-state index contributed by atoms with van der Waals surface area (Å²) in [6.45, 7) is 4.90. The van der Waals surface area contributed by atoms with E-state index in [1.54, 1.807) is 24.8 Å². The molecule has 0 aliphatic carbocycles. The lowest BCUT2D eigenvalue weighted by Gasteiger charge is -2.13. The first kappa shape index (κ1) is 16.1. The van der Waals surface area contributed by atoms with Gasteiger partial charge in [-0.15, -0.1) is 11.8 Å². The highest BCUT2D eigenvalue weighted by Crippen LogP contribution is 2.19. The second-order valence-corrected chi connectivity index (χ2v) is 4.79. The molecule has 5 nitrogen and oxygen atoms in total. The van der Waals surface area contributed by atoms with Crippen LogP contribution in [-0.2, 0) is 14.3 Å². The van der Waals surface area contributed by atoms with Gasteiger partial charge >= 0.3 is 12.1 Å². The second-order valence-electron chi connectivity index (χ2n) is 3.91. The van der Waals surface area contributed by atoms with Crippen molar-refractivity contribution >= 4 is 29.5 Å². The Bertz CT molecular complexity index is 490. The van der Waals surface area contributed by atoms with Gasteiger partial charge in [0.2, 0.25) is 0 Å². The normalized spacial score (nSPS) is 11.3. The molecule has 108 valence electrons. The summed E-state index contributed by atoms with van der Waals surface area (Å²) in [5.41, 5.74) is 0.650. The lowest BCUT2D eigenvalue weighted by Crippen LogP contribution is -2.24. The third-order valence-electron chi connectivity index (χ3n) is 2.25. The molecule has 0 heterocycles. The third kappa shape index (κ3) is 5.79. The molecule has 0 bridgehead atoms. The van der Waals surface area contributed by atoms with Gasteiger partial charge in [-0.3, -0.25) is 5.32 Å². The van der Waals surface area contributed by atoms with Crippen LogP contribution in [-0.4, -0.2) is 31.0 Å². The molecule has 0 aromatic heterocycles. The lowest BCUT2D eigenvalue weighted by atomic mass is 10.3. The summed E-state index contributed by atoms with van der Waals surface area (Å²) in [6, 6.07) is 7.40. The highest BCUT2D eigenvalue weighted by Gasteiger charge is 2.11. The van der Waals surface area contributed by atoms with Crippen molar-refractivity contribution in [2.24, 2.45) is 0 Å². The van der Waals surface area contributed by atoms with E-state index in [1.807, 2.05) is 24.5 Å². The summed E-state index contributed by atoms with van der Waals surface area (Å²) >= 11 is 1.58. The zero-order chi connectivity index (χ0) is 15.0. The van der Waals surface area contributed by atoms with Gasteiger partial charge in [0, 0.05) is 16.7 Å². The Balaban J connectivity index is 2.42. The van der Waals surface area contributed by atoms with E-state index in [9.17, 15) is 9.59 Å². The van der Waals surface area contributed by atoms with Crippen molar-refractivity contribution in [2.75, 3.05) is 18.2 Å². The van der Waals surface area contributed by atoms with Gasteiger partial charge in [0.1, 0.15) is 12.7 Å². The number of hydrogen-bond donors (Lipinski definition) is 1. The number of carbonyl (C=O) groups excluding carboxylic acids is 2. The number of anilines is 1. The molecule has 0 saturated carbocycles. The van der Waals surface area contributed by atoms with Crippen LogP contribution >= 0.6 is 11.8 Å². The molecule has 0 aliphatic heterocycles. The Kier molecular flexibility index (Phi) is 6.66. The number of esters is 1. The number of amides is 1. The van der Waals surface area contributed by atoms with Crippen molar-refractivity contribution in [1.82, 2.24) is 0 Å². The summed E-state index contributed by atoms with van der Waals surface area (Å²) in [4.78, 5) is 23.5. The van der Waals surface area contributed by atoms with Crippen LogP contribution in [0.2, 0.25) is 0 Å². The molecule has 6 heteroatoms. The average molecular weight is 295 g/mol. The van der Waals surface area contributed by atoms with Crippen molar-refractivity contribution in [1.29, 1.82) is 0 Å². The van der Waals surface area contributed by atoms with E-state index in [0.29, 0.717) is 5.69 Å². The minimum Gasteiger partial charge on any atom is -0.459 e. The van der Waals surface area contributed by atoms with Gasteiger partial charge in [-0.05, 0) is 31.4 Å². The number of benzene rings is 1. The summed E-state index contributed by atoms with van der Waals surface area (Å²) in [5, 5.41) is 2.61. The fraction of sp³-hybridized carbons (Fsp3) is 0.286. The first-order chi connectivity index (χ1) is 9.55. The van der Waals surface area contributed by atoms with Crippen molar-refractivity contribution in [2.45, 2.75) is 17.9 Å². The fourth-order valence-corrected chi connectivity index (χ4v) is 1.78. The van der Waals surface area contributed by atoms with Gasteiger partial charge in [0.05, 0.1) is 0 Å². The van der Waals surface area contributed by atoms with Gasteiger partial charge in [0.25, 0.3) is 0 Å². The van der Waals surface area contributed by atoms with E-state index in [2.05, 4.69) is 11.9 Å². The third-order valence-corrected chi connectivity index (χ3v) is 2.98. The molecule has 1 unspecified atom stereocenters. The first-order valence-corrected chi connectivity index (χ1v) is 7.18. The summed E-state index contributed by atoms with van der Waals surface area (Å²) in [6.07, 6.45) is 1.88.